The van der Waals surface area contributed by atoms with Crippen LogP contribution in [0.4, 0.5) is 20.2 Å². The highest BCUT2D eigenvalue weighted by atomic mass is 32.2. The van der Waals surface area contributed by atoms with Crippen molar-refractivity contribution in [3.05, 3.63) is 96.2 Å². The topological polar surface area (TPSA) is 92.3 Å². The molecule has 3 aromatic carbocycles. The molecular weight excluding hydrogens is 506 g/mol. The maximum absolute atomic E-state index is 13.7. The van der Waals surface area contributed by atoms with E-state index in [0.717, 1.165) is 11.8 Å². The van der Waals surface area contributed by atoms with Crippen LogP contribution in [0.5, 0.6) is 0 Å². The number of hydrogen-bond acceptors (Lipinski definition) is 6. The fraction of sp³-hybridized carbons (Fsp3) is 0.0800. The van der Waals surface area contributed by atoms with E-state index in [0.29, 0.717) is 22.5 Å². The zero-order valence-corrected chi connectivity index (χ0v) is 20.2. The van der Waals surface area contributed by atoms with E-state index in [1.807, 2.05) is 0 Å². The Morgan fingerprint density at radius 1 is 0.972 bits per heavy atom. The second-order valence-electron chi connectivity index (χ2n) is 7.87. The average molecular weight is 525 g/mol. The van der Waals surface area contributed by atoms with Gasteiger partial charge in [-0.1, -0.05) is 48.2 Å². The number of benzene rings is 3. The van der Waals surface area contributed by atoms with Gasteiger partial charge in [0.2, 0.25) is 5.91 Å². The molecule has 36 heavy (non-hydrogen) atoms. The molecule has 0 aliphatic carbocycles. The van der Waals surface area contributed by atoms with Gasteiger partial charge in [0.1, 0.15) is 16.5 Å². The number of rotatable bonds is 6. The van der Waals surface area contributed by atoms with Crippen molar-refractivity contribution in [2.45, 2.75) is 16.6 Å². The van der Waals surface area contributed by atoms with E-state index in [4.69, 9.17) is 0 Å². The Bertz CT molecular complexity index is 1580. The minimum Gasteiger partial charge on any atom is -0.325 e. The second-order valence-corrected chi connectivity index (χ2v) is 10.6. The second kappa shape index (κ2) is 9.67. The third-order valence-electron chi connectivity index (χ3n) is 5.38. The molecule has 0 unspecified atom stereocenters. The predicted molar refractivity (Wildman–Crippen MR) is 133 cm³/mol. The van der Waals surface area contributed by atoms with Gasteiger partial charge >= 0.3 is 0 Å². The molecule has 2 heterocycles. The lowest BCUT2D eigenvalue weighted by atomic mass is 10.1. The zero-order chi connectivity index (χ0) is 25.3. The molecule has 0 saturated carbocycles. The van der Waals surface area contributed by atoms with Crippen LogP contribution < -0.4 is 9.62 Å². The number of sulfonamides is 1. The van der Waals surface area contributed by atoms with E-state index in [-0.39, 0.29) is 34.0 Å². The van der Waals surface area contributed by atoms with E-state index < -0.39 is 21.7 Å². The number of aromatic nitrogens is 2. The lowest BCUT2D eigenvalue weighted by Gasteiger charge is -2.31. The molecule has 5 rings (SSSR count). The summed E-state index contributed by atoms with van der Waals surface area (Å²) < 4.78 is 55.3. The molecule has 0 atom stereocenters. The third kappa shape index (κ3) is 4.79. The van der Waals surface area contributed by atoms with Gasteiger partial charge in [-0.25, -0.2) is 27.2 Å². The Kier molecular flexibility index (Phi) is 6.42. The highest BCUT2D eigenvalue weighted by Gasteiger charge is 2.36. The van der Waals surface area contributed by atoms with Gasteiger partial charge in [0.15, 0.2) is 5.16 Å². The number of carbonyl (C=O) groups is 1. The first-order valence-electron chi connectivity index (χ1n) is 10.7. The van der Waals surface area contributed by atoms with Crippen molar-refractivity contribution in [3.63, 3.8) is 0 Å². The highest BCUT2D eigenvalue weighted by molar-refractivity contribution is 7.99. The summed E-state index contributed by atoms with van der Waals surface area (Å²) in [7, 11) is -4.04. The average Bonchev–Trinajstić information content (AvgIpc) is 2.85. The summed E-state index contributed by atoms with van der Waals surface area (Å²) in [5.74, 6) is -1.37. The summed E-state index contributed by atoms with van der Waals surface area (Å²) in [6.07, 6.45) is 1.22. The number of carbonyl (C=O) groups excluding carboxylic acids is 1. The summed E-state index contributed by atoms with van der Waals surface area (Å²) in [5.41, 5.74) is 2.03. The fourth-order valence-electron chi connectivity index (χ4n) is 3.81. The summed E-state index contributed by atoms with van der Waals surface area (Å²) in [6.45, 7) is -0.0622. The van der Waals surface area contributed by atoms with Crippen molar-refractivity contribution < 1.29 is 22.0 Å². The van der Waals surface area contributed by atoms with Gasteiger partial charge in [-0.2, -0.15) is 0 Å². The summed E-state index contributed by atoms with van der Waals surface area (Å²) in [6, 6.07) is 18.2. The molecule has 0 radical (unpaired) electrons. The van der Waals surface area contributed by atoms with E-state index in [1.165, 1.54) is 46.9 Å². The van der Waals surface area contributed by atoms with Gasteiger partial charge in [-0.3, -0.25) is 9.10 Å². The van der Waals surface area contributed by atoms with Crippen LogP contribution in [-0.4, -0.2) is 30.0 Å². The molecule has 0 spiro atoms. The smallest absolute Gasteiger partial charge is 0.268 e. The summed E-state index contributed by atoms with van der Waals surface area (Å²) in [4.78, 5) is 20.8. The third-order valence-corrected chi connectivity index (χ3v) is 8.01. The van der Waals surface area contributed by atoms with Gasteiger partial charge in [0, 0.05) is 11.3 Å². The molecule has 182 valence electrons. The highest BCUT2D eigenvalue weighted by Crippen LogP contribution is 2.42. The maximum atomic E-state index is 13.7. The van der Waals surface area contributed by atoms with E-state index in [1.54, 1.807) is 36.4 Å². The van der Waals surface area contributed by atoms with Crippen LogP contribution in [0.3, 0.4) is 0 Å². The minimum atomic E-state index is -4.04. The van der Waals surface area contributed by atoms with E-state index in [2.05, 4.69) is 15.3 Å². The first kappa shape index (κ1) is 23.9. The van der Waals surface area contributed by atoms with Crippen molar-refractivity contribution in [3.8, 4) is 11.3 Å². The van der Waals surface area contributed by atoms with Gasteiger partial charge < -0.3 is 5.32 Å². The minimum absolute atomic E-state index is 0.0601. The molecule has 7 nitrogen and oxygen atoms in total. The number of thioether (sulfide) groups is 1. The molecule has 1 aliphatic heterocycles. The van der Waals surface area contributed by atoms with Gasteiger partial charge in [-0.15, -0.1) is 0 Å². The van der Waals surface area contributed by atoms with Gasteiger partial charge in [0.25, 0.3) is 10.0 Å². The first-order chi connectivity index (χ1) is 17.3. The van der Waals surface area contributed by atoms with Gasteiger partial charge in [0.05, 0.1) is 29.9 Å². The standard InChI is InChI=1S/C25H18F2N4O3S2/c26-17-6-3-5-16(11-17)14-31-21-10-2-1-9-20(21)24-22(36(31,33)34)13-28-25(30-24)35-15-23(32)29-19-8-4-7-18(27)12-19/h1-13H,14-15H2,(H,29,32). The number of amides is 1. The molecule has 0 saturated heterocycles. The molecule has 1 aliphatic rings. The Morgan fingerprint density at radius 3 is 2.50 bits per heavy atom. The van der Waals surface area contributed by atoms with Gasteiger partial charge in [-0.05, 0) is 42.0 Å². The maximum Gasteiger partial charge on any atom is 0.268 e. The Hall–Kier alpha value is -3.83. The zero-order valence-electron chi connectivity index (χ0n) is 18.6. The number of hydrogen-bond donors (Lipinski definition) is 1. The van der Waals surface area contributed by atoms with Crippen LogP contribution in [0.25, 0.3) is 11.3 Å². The van der Waals surface area contributed by atoms with E-state index >= 15 is 0 Å². The van der Waals surface area contributed by atoms with Crippen molar-refractivity contribution >= 4 is 39.1 Å². The lowest BCUT2D eigenvalue weighted by Crippen LogP contribution is -2.34. The van der Waals surface area contributed by atoms with Crippen LogP contribution in [0, 0.1) is 11.6 Å². The number of nitrogens with one attached hydrogen (secondary N) is 1. The molecular formula is C25H18F2N4O3S2. The molecule has 1 N–H and O–H groups in total. The quantitative estimate of drug-likeness (QED) is 0.286. The number of para-hydroxylation sites is 1. The van der Waals surface area contributed by atoms with E-state index in [9.17, 15) is 22.0 Å². The van der Waals surface area contributed by atoms with Crippen molar-refractivity contribution in [1.82, 2.24) is 9.97 Å². The fourth-order valence-corrected chi connectivity index (χ4v) is 5.99. The molecule has 1 aromatic heterocycles. The molecule has 0 fully saturated rings. The molecule has 11 heteroatoms. The predicted octanol–water partition coefficient (Wildman–Crippen LogP) is 4.86. The Balaban J connectivity index is 1.41. The monoisotopic (exact) mass is 524 g/mol. The molecule has 4 aromatic rings. The van der Waals surface area contributed by atoms with Crippen molar-refractivity contribution in [2.75, 3.05) is 15.4 Å². The van der Waals surface area contributed by atoms with Crippen LogP contribution in [0.15, 0.2) is 89.0 Å². The Morgan fingerprint density at radius 2 is 1.72 bits per heavy atom. The van der Waals surface area contributed by atoms with Crippen LogP contribution >= 0.6 is 11.8 Å². The first-order valence-corrected chi connectivity index (χ1v) is 13.2. The van der Waals surface area contributed by atoms with Crippen LogP contribution in [0.2, 0.25) is 0 Å². The number of fused-ring (bicyclic) bond motifs is 3. The van der Waals surface area contributed by atoms with Crippen molar-refractivity contribution in [1.29, 1.82) is 0 Å². The number of nitrogens with zero attached hydrogens (tertiary/aromatic N) is 3. The SMILES string of the molecule is O=C(CSc1ncc2c(n1)-c1ccccc1N(Cc1cccc(F)c1)S2(=O)=O)Nc1cccc(F)c1. The largest absolute Gasteiger partial charge is 0.325 e. The molecule has 1 amide bonds. The molecule has 0 bridgehead atoms. The summed E-state index contributed by atoms with van der Waals surface area (Å²) in [5, 5.41) is 2.81. The number of halogens is 2. The van der Waals surface area contributed by atoms with Crippen LogP contribution in [-0.2, 0) is 21.4 Å². The van der Waals surface area contributed by atoms with Crippen LogP contribution in [0.1, 0.15) is 5.56 Å². The van der Waals surface area contributed by atoms with Crippen molar-refractivity contribution in [2.24, 2.45) is 0 Å². The Labute approximate surface area is 210 Å². The normalized spacial score (nSPS) is 13.6. The summed E-state index contributed by atoms with van der Waals surface area (Å²) >= 11 is 1.03. The lowest BCUT2D eigenvalue weighted by molar-refractivity contribution is -0.113. The number of anilines is 2.